The largest absolute Gasteiger partial charge is 0.428 e. The molecule has 4 rings (SSSR count). The molecule has 0 saturated carbocycles. The van der Waals surface area contributed by atoms with Gasteiger partial charge in [-0.2, -0.15) is 5.10 Å². The van der Waals surface area contributed by atoms with Crippen LogP contribution < -0.4 is 0 Å². The molecule has 4 heterocycles. The van der Waals surface area contributed by atoms with Crippen LogP contribution >= 0.6 is 11.6 Å². The molecule has 140 valence electrons. The van der Waals surface area contributed by atoms with E-state index in [1.807, 2.05) is 0 Å². The minimum absolute atomic E-state index is 0.00454. The van der Waals surface area contributed by atoms with E-state index < -0.39 is 31.7 Å². The zero-order chi connectivity index (χ0) is 21.2. The predicted molar refractivity (Wildman–Crippen MR) is 109 cm³/mol. The highest BCUT2D eigenvalue weighted by Crippen LogP contribution is 2.45. The zero-order valence-electron chi connectivity index (χ0n) is 15.4. The third kappa shape index (κ3) is 3.43. The monoisotopic (exact) mass is 421 g/mol. The van der Waals surface area contributed by atoms with Crippen molar-refractivity contribution in [1.82, 2.24) is 23.9 Å². The van der Waals surface area contributed by atoms with Gasteiger partial charge in [0, 0.05) is 24.2 Å². The van der Waals surface area contributed by atoms with Gasteiger partial charge in [0.2, 0.25) is 0 Å². The van der Waals surface area contributed by atoms with E-state index in [2.05, 4.69) is 15.1 Å². The molecule has 0 spiro atoms. The number of nitrogens with zero attached hydrogens (tertiary/aromatic N) is 5. The van der Waals surface area contributed by atoms with Crippen molar-refractivity contribution in [1.29, 1.82) is 0 Å². The van der Waals surface area contributed by atoms with Crippen LogP contribution in [0.3, 0.4) is 0 Å². The third-order valence-electron chi connectivity index (χ3n) is 4.83. The number of rotatable bonds is 3. The van der Waals surface area contributed by atoms with Crippen LogP contribution in [0.4, 0.5) is 0 Å². The Kier molecular flexibility index (Phi) is 4.71. The smallest absolute Gasteiger partial charge is 0.276 e. The molecule has 29 heavy (non-hydrogen) atoms. The van der Waals surface area contributed by atoms with Crippen molar-refractivity contribution in [2.24, 2.45) is 0 Å². The maximum absolute atomic E-state index is 13.1. The highest BCUT2D eigenvalue weighted by atomic mass is 35.5. The molecule has 0 amide bonds. The van der Waals surface area contributed by atoms with Gasteiger partial charge >= 0.3 is 0 Å². The molecule has 0 N–H and O–H groups in total. The van der Waals surface area contributed by atoms with Gasteiger partial charge in [-0.15, -0.1) is 0 Å². The van der Waals surface area contributed by atoms with Gasteiger partial charge in [0.15, 0.2) is 11.5 Å². The second kappa shape index (κ2) is 6.65. The van der Waals surface area contributed by atoms with E-state index in [1.165, 1.54) is 17.8 Å². The second-order valence-electron chi connectivity index (χ2n) is 7.19. The van der Waals surface area contributed by atoms with Crippen molar-refractivity contribution in [2.45, 2.75) is 41.5 Å². The Bertz CT molecular complexity index is 1180. The second-order valence-corrected chi connectivity index (χ2v) is 9.32. The van der Waals surface area contributed by atoms with Gasteiger partial charge in [-0.25, -0.2) is 27.2 Å². The van der Waals surface area contributed by atoms with Crippen LogP contribution in [-0.4, -0.2) is 74.4 Å². The van der Waals surface area contributed by atoms with Crippen LogP contribution in [0.2, 0.25) is 5.02 Å². The Morgan fingerprint density at radius 2 is 1.86 bits per heavy atom. The topological polar surface area (TPSA) is 93.6 Å². The lowest BCUT2D eigenvalue weighted by atomic mass is 9.46. The summed E-state index contributed by atoms with van der Waals surface area (Å²) in [5.41, 5.74) is 1.18. The van der Waals surface area contributed by atoms with Crippen molar-refractivity contribution in [3.8, 4) is 0 Å². The average molecular weight is 421 g/mol. The number of fused-ring (bicyclic) bond motifs is 1. The maximum atomic E-state index is 13.1. The fraction of sp³-hybridized carbons (Fsp3) is 0.400. The number of halogens is 1. The standard InChI is InChI=1S/C15H12B4ClN5O3S/c1-8-21-5-13(28-8)29(26,27)25-14(16,17)3-9(4-15(25,18)19)10-6-24-12(2-11(10)20)22-7-23-24/h2,5-7,9H,3-4H2,1H3. The molecule has 0 aromatic carbocycles. The number of hydrogen-bond donors (Lipinski definition) is 0. The van der Waals surface area contributed by atoms with Crippen LogP contribution in [0.25, 0.3) is 5.65 Å². The number of oxazole rings is 1. The highest BCUT2D eigenvalue weighted by molar-refractivity contribution is 7.89. The van der Waals surface area contributed by atoms with Gasteiger partial charge in [-0.05, 0) is 35.0 Å². The number of hydrogen-bond acceptors (Lipinski definition) is 6. The molecule has 1 aliphatic rings. The van der Waals surface area contributed by atoms with E-state index in [0.29, 0.717) is 20.5 Å². The number of pyridine rings is 1. The number of aromatic nitrogens is 4. The Labute approximate surface area is 178 Å². The van der Waals surface area contributed by atoms with Crippen molar-refractivity contribution < 1.29 is 12.8 Å². The lowest BCUT2D eigenvalue weighted by molar-refractivity contribution is 0.203. The maximum Gasteiger partial charge on any atom is 0.276 e. The van der Waals surface area contributed by atoms with Crippen LogP contribution in [-0.2, 0) is 10.0 Å². The van der Waals surface area contributed by atoms with E-state index in [-0.39, 0.29) is 18.7 Å². The van der Waals surface area contributed by atoms with E-state index in [4.69, 9.17) is 47.4 Å². The molecule has 8 radical (unpaired) electrons. The Balaban J connectivity index is 1.76. The fourth-order valence-corrected chi connectivity index (χ4v) is 5.72. The van der Waals surface area contributed by atoms with Crippen LogP contribution in [0.5, 0.6) is 0 Å². The number of aryl methyl sites for hydroxylation is 1. The molecule has 0 atom stereocenters. The molecular weight excluding hydrogens is 409 g/mol. The van der Waals surface area contributed by atoms with E-state index in [1.54, 1.807) is 12.3 Å². The lowest BCUT2D eigenvalue weighted by Crippen LogP contribution is -2.68. The summed E-state index contributed by atoms with van der Waals surface area (Å²) >= 11 is 6.41. The SMILES string of the molecule is [B]C1([B])CC(c2cn3ncnc3cc2Cl)CC([B])([B])N1S(=O)(=O)c1cnc(C)o1. The highest BCUT2D eigenvalue weighted by Gasteiger charge is 2.51. The molecule has 3 aromatic heterocycles. The molecule has 0 unspecified atom stereocenters. The summed E-state index contributed by atoms with van der Waals surface area (Å²) in [5, 5.41) is 0.177. The average Bonchev–Trinajstić information content (AvgIpc) is 3.19. The summed E-state index contributed by atoms with van der Waals surface area (Å²) in [6.45, 7) is 1.50. The quantitative estimate of drug-likeness (QED) is 0.563. The summed E-state index contributed by atoms with van der Waals surface area (Å²) in [7, 11) is 20.5. The van der Waals surface area contributed by atoms with Crippen molar-refractivity contribution in [3.05, 3.63) is 41.3 Å². The van der Waals surface area contributed by atoms with Gasteiger partial charge in [0.05, 0.1) is 37.6 Å². The first-order valence-electron chi connectivity index (χ1n) is 8.54. The lowest BCUT2D eigenvalue weighted by Gasteiger charge is -2.55. The number of sulfonamides is 1. The minimum Gasteiger partial charge on any atom is -0.428 e. The van der Waals surface area contributed by atoms with Crippen molar-refractivity contribution in [3.63, 3.8) is 0 Å². The Morgan fingerprint density at radius 1 is 1.21 bits per heavy atom. The van der Waals surface area contributed by atoms with E-state index >= 15 is 0 Å². The first-order chi connectivity index (χ1) is 13.4. The molecular formula is C15H12B4ClN5O3S. The van der Waals surface area contributed by atoms with E-state index in [0.717, 1.165) is 6.20 Å². The van der Waals surface area contributed by atoms with Crippen LogP contribution in [0.15, 0.2) is 34.3 Å². The summed E-state index contributed by atoms with van der Waals surface area (Å²) in [6, 6.07) is 1.63. The van der Waals surface area contributed by atoms with Crippen LogP contribution in [0, 0.1) is 6.92 Å². The van der Waals surface area contributed by atoms with Crippen molar-refractivity contribution >= 4 is 58.7 Å². The van der Waals surface area contributed by atoms with Gasteiger partial charge in [-0.3, -0.25) is 0 Å². The Morgan fingerprint density at radius 3 is 2.45 bits per heavy atom. The molecule has 1 fully saturated rings. The third-order valence-corrected chi connectivity index (χ3v) is 7.02. The normalized spacial score (nSPS) is 20.2. The van der Waals surface area contributed by atoms with Gasteiger partial charge in [0.25, 0.3) is 15.1 Å². The molecule has 14 heteroatoms. The summed E-state index contributed by atoms with van der Waals surface area (Å²) < 4.78 is 33.6. The molecule has 1 saturated heterocycles. The molecule has 3 aromatic rings. The van der Waals surface area contributed by atoms with E-state index in [9.17, 15) is 8.42 Å². The predicted octanol–water partition coefficient (Wildman–Crippen LogP) is 0.229. The minimum atomic E-state index is -4.35. The fourth-order valence-electron chi connectivity index (χ4n) is 3.79. The Hall–Kier alpha value is -1.71. The molecule has 0 aliphatic carbocycles. The number of piperidine rings is 1. The van der Waals surface area contributed by atoms with Gasteiger partial charge in [-0.1, -0.05) is 11.6 Å². The van der Waals surface area contributed by atoms with Crippen LogP contribution in [0.1, 0.15) is 30.2 Å². The summed E-state index contributed by atoms with van der Waals surface area (Å²) in [5.74, 6) is -0.283. The first kappa shape index (κ1) is 20.6. The van der Waals surface area contributed by atoms with Gasteiger partial charge in [0.1, 0.15) is 6.33 Å². The molecule has 1 aliphatic heterocycles. The molecule has 8 nitrogen and oxygen atoms in total. The zero-order valence-corrected chi connectivity index (χ0v) is 16.9. The summed E-state index contributed by atoms with van der Waals surface area (Å²) in [4.78, 5) is 7.87. The van der Waals surface area contributed by atoms with Gasteiger partial charge < -0.3 is 4.42 Å². The molecule has 0 bridgehead atoms. The summed E-state index contributed by atoms with van der Waals surface area (Å²) in [6.07, 6.45) is 4.10. The van der Waals surface area contributed by atoms with Crippen molar-refractivity contribution in [2.75, 3.05) is 0 Å². The first-order valence-corrected chi connectivity index (χ1v) is 10.4.